The van der Waals surface area contributed by atoms with Gasteiger partial charge in [0.25, 0.3) is 0 Å². The molecule has 2 aromatic carbocycles. The van der Waals surface area contributed by atoms with Gasteiger partial charge in [0.2, 0.25) is 0 Å². The number of anilines is 3. The van der Waals surface area contributed by atoms with Gasteiger partial charge in [-0.3, -0.25) is 0 Å². The molecule has 175 valence electrons. The molecule has 1 radical (unpaired) electrons. The number of aromatic carboxylic acids is 1. The Bertz CT molecular complexity index is 1310. The average molecular weight is 497 g/mol. The highest BCUT2D eigenvalue weighted by molar-refractivity contribution is 7.72. The van der Waals surface area contributed by atoms with Crippen LogP contribution in [-0.4, -0.2) is 45.2 Å². The van der Waals surface area contributed by atoms with Gasteiger partial charge in [0.15, 0.2) is 11.2 Å². The van der Waals surface area contributed by atoms with Gasteiger partial charge in [0.1, 0.15) is 16.2 Å². The number of nitrogens with one attached hydrogen (secondary N) is 3. The SMILES string of the molecule is O=C(O)c1ccc(OC=Nc2cccc(Nc3cc(=S)[nH]c(=S)[nH]3)c2)cc1N1[CH]C(O)CCC1. The van der Waals surface area contributed by atoms with Crippen LogP contribution in [0.25, 0.3) is 0 Å². The Balaban J connectivity index is 1.48. The number of H-pyrrole nitrogens is 2. The Labute approximate surface area is 205 Å². The van der Waals surface area contributed by atoms with Gasteiger partial charge in [-0.2, -0.15) is 0 Å². The van der Waals surface area contributed by atoms with Gasteiger partial charge in [-0.05, 0) is 55.4 Å². The van der Waals surface area contributed by atoms with Crippen molar-refractivity contribution in [3.63, 3.8) is 0 Å². The smallest absolute Gasteiger partial charge is 0.337 e. The summed E-state index contributed by atoms with van der Waals surface area (Å²) in [5.74, 6) is 0.0299. The Morgan fingerprint density at radius 1 is 1.21 bits per heavy atom. The van der Waals surface area contributed by atoms with E-state index in [-0.39, 0.29) is 5.56 Å². The minimum Gasteiger partial charge on any atom is -0.478 e. The van der Waals surface area contributed by atoms with Crippen LogP contribution in [0.1, 0.15) is 23.2 Å². The summed E-state index contributed by atoms with van der Waals surface area (Å²) in [4.78, 5) is 23.6. The zero-order valence-electron chi connectivity index (χ0n) is 17.9. The third-order valence-corrected chi connectivity index (χ3v) is 5.46. The number of carboxylic acid groups (broad SMARTS) is 1. The molecule has 1 saturated heterocycles. The van der Waals surface area contributed by atoms with Gasteiger partial charge < -0.3 is 35.1 Å². The molecule has 1 fully saturated rings. The molecule has 1 unspecified atom stereocenters. The van der Waals surface area contributed by atoms with Crippen LogP contribution in [0.4, 0.5) is 22.9 Å². The van der Waals surface area contributed by atoms with Crippen LogP contribution in [0, 0.1) is 16.0 Å². The maximum atomic E-state index is 11.7. The summed E-state index contributed by atoms with van der Waals surface area (Å²) in [5, 5.41) is 22.7. The maximum absolute atomic E-state index is 11.7. The van der Waals surface area contributed by atoms with Crippen LogP contribution < -0.4 is 15.0 Å². The molecule has 1 aliphatic rings. The molecule has 1 aliphatic heterocycles. The zero-order valence-corrected chi connectivity index (χ0v) is 19.5. The van der Waals surface area contributed by atoms with Crippen molar-refractivity contribution in [1.82, 2.24) is 9.97 Å². The van der Waals surface area contributed by atoms with Gasteiger partial charge >= 0.3 is 5.97 Å². The largest absolute Gasteiger partial charge is 0.478 e. The number of aliphatic hydroxyl groups excluding tert-OH is 1. The van der Waals surface area contributed by atoms with Crippen LogP contribution in [-0.2, 0) is 0 Å². The molecule has 9 nitrogen and oxygen atoms in total. The van der Waals surface area contributed by atoms with E-state index in [4.69, 9.17) is 29.2 Å². The molecule has 34 heavy (non-hydrogen) atoms. The minimum atomic E-state index is -1.05. The first-order valence-electron chi connectivity index (χ1n) is 10.4. The first-order chi connectivity index (χ1) is 16.4. The standard InChI is InChI=1S/C23H22N5O4S2/c29-16-5-2-8-28(12-16)19-10-17(6-7-18(19)22(30)31)32-13-24-14-3-1-4-15(9-14)25-20-11-21(33)27-23(34)26-20/h1,3-4,6-7,9-13,16,29H,2,5,8H2,(H,30,31)(H3,25,26,27,33,34). The second kappa shape index (κ2) is 10.6. The highest BCUT2D eigenvalue weighted by atomic mass is 32.1. The van der Waals surface area contributed by atoms with E-state index in [0.717, 1.165) is 12.1 Å². The van der Waals surface area contributed by atoms with E-state index in [1.54, 1.807) is 29.6 Å². The van der Waals surface area contributed by atoms with Crippen LogP contribution in [0.3, 0.4) is 0 Å². The fourth-order valence-corrected chi connectivity index (χ4v) is 4.04. The van der Waals surface area contributed by atoms with Crippen molar-refractivity contribution in [2.24, 2.45) is 4.99 Å². The number of hydrogen-bond donors (Lipinski definition) is 5. The predicted octanol–water partition coefficient (Wildman–Crippen LogP) is 5.11. The number of nitrogens with zero attached hydrogens (tertiary/aromatic N) is 2. The lowest BCUT2D eigenvalue weighted by Crippen LogP contribution is -2.34. The predicted molar refractivity (Wildman–Crippen MR) is 136 cm³/mol. The van der Waals surface area contributed by atoms with Crippen molar-refractivity contribution in [3.05, 3.63) is 70.1 Å². The molecular formula is C23H22N5O4S2. The highest BCUT2D eigenvalue weighted by Gasteiger charge is 2.23. The fraction of sp³-hybridized carbons (Fsp3) is 0.174. The molecule has 0 bridgehead atoms. The van der Waals surface area contributed by atoms with E-state index in [9.17, 15) is 15.0 Å². The molecule has 3 aromatic rings. The first-order valence-corrected chi connectivity index (χ1v) is 11.3. The molecule has 2 heterocycles. The summed E-state index contributed by atoms with van der Waals surface area (Å²) in [6, 6.07) is 13.7. The van der Waals surface area contributed by atoms with Gasteiger partial charge in [0.05, 0.1) is 29.6 Å². The molecule has 0 aliphatic carbocycles. The molecular weight excluding hydrogens is 474 g/mol. The summed E-state index contributed by atoms with van der Waals surface area (Å²) in [6.07, 6.45) is 2.09. The number of carboxylic acids is 1. The van der Waals surface area contributed by atoms with Gasteiger partial charge in [-0.15, -0.1) is 0 Å². The Hall–Kier alpha value is -3.54. The van der Waals surface area contributed by atoms with Gasteiger partial charge in [0, 0.05) is 24.4 Å². The normalized spacial score (nSPS) is 15.9. The lowest BCUT2D eigenvalue weighted by Gasteiger charge is -2.32. The zero-order chi connectivity index (χ0) is 24.1. The van der Waals surface area contributed by atoms with E-state index in [2.05, 4.69) is 20.3 Å². The number of piperidine rings is 1. The second-order valence-corrected chi connectivity index (χ2v) is 8.41. The molecule has 1 aromatic heterocycles. The summed E-state index contributed by atoms with van der Waals surface area (Å²) < 4.78 is 6.58. The number of carbonyl (C=O) groups is 1. The number of aliphatic hydroxyl groups is 1. The monoisotopic (exact) mass is 496 g/mol. The van der Waals surface area contributed by atoms with Crippen molar-refractivity contribution in [2.75, 3.05) is 16.8 Å². The first kappa shape index (κ1) is 23.6. The molecule has 0 amide bonds. The van der Waals surface area contributed by atoms with Crippen molar-refractivity contribution >= 4 is 59.7 Å². The number of aromatic amines is 2. The number of aromatic nitrogens is 2. The second-order valence-electron chi connectivity index (χ2n) is 7.57. The van der Waals surface area contributed by atoms with Crippen molar-refractivity contribution in [1.29, 1.82) is 0 Å². The van der Waals surface area contributed by atoms with E-state index < -0.39 is 12.1 Å². The Morgan fingerprint density at radius 3 is 2.82 bits per heavy atom. The topological polar surface area (TPSA) is 126 Å². The van der Waals surface area contributed by atoms with Crippen molar-refractivity contribution in [3.8, 4) is 5.75 Å². The summed E-state index contributed by atoms with van der Waals surface area (Å²) in [6.45, 7) is 2.25. The number of hydrogen-bond acceptors (Lipinski definition) is 8. The van der Waals surface area contributed by atoms with Crippen LogP contribution >= 0.6 is 24.4 Å². The highest BCUT2D eigenvalue weighted by Crippen LogP contribution is 2.30. The average Bonchev–Trinajstić information content (AvgIpc) is 2.78. The minimum absolute atomic E-state index is 0.133. The lowest BCUT2D eigenvalue weighted by atomic mass is 10.0. The Kier molecular flexibility index (Phi) is 7.36. The van der Waals surface area contributed by atoms with E-state index in [1.165, 1.54) is 12.5 Å². The number of benzene rings is 2. The Morgan fingerprint density at radius 2 is 2.06 bits per heavy atom. The summed E-state index contributed by atoms with van der Waals surface area (Å²) in [5.41, 5.74) is 2.00. The number of ether oxygens (including phenoxy) is 1. The van der Waals surface area contributed by atoms with Crippen LogP contribution in [0.5, 0.6) is 5.75 Å². The molecule has 4 rings (SSSR count). The quantitative estimate of drug-likeness (QED) is 0.174. The summed E-state index contributed by atoms with van der Waals surface area (Å²) >= 11 is 10.2. The van der Waals surface area contributed by atoms with Crippen LogP contribution in [0.2, 0.25) is 0 Å². The van der Waals surface area contributed by atoms with E-state index in [0.29, 0.717) is 45.3 Å². The molecule has 0 saturated carbocycles. The molecule has 1 atom stereocenters. The fourth-order valence-electron chi connectivity index (χ4n) is 3.54. The van der Waals surface area contributed by atoms with Gasteiger partial charge in [-0.25, -0.2) is 9.79 Å². The van der Waals surface area contributed by atoms with Crippen molar-refractivity contribution in [2.45, 2.75) is 18.9 Å². The van der Waals surface area contributed by atoms with E-state index in [1.807, 2.05) is 24.3 Å². The van der Waals surface area contributed by atoms with Crippen LogP contribution in [0.15, 0.2) is 53.5 Å². The third kappa shape index (κ3) is 6.07. The number of rotatable bonds is 7. The molecule has 5 N–H and O–H groups in total. The number of aliphatic imine (C=N–C) groups is 1. The third-order valence-electron chi connectivity index (χ3n) is 5.04. The summed E-state index contributed by atoms with van der Waals surface area (Å²) in [7, 11) is 0. The molecule has 0 spiro atoms. The lowest BCUT2D eigenvalue weighted by molar-refractivity contribution is 0.0697. The van der Waals surface area contributed by atoms with Gasteiger partial charge in [-0.1, -0.05) is 18.3 Å². The van der Waals surface area contributed by atoms with E-state index >= 15 is 0 Å². The maximum Gasteiger partial charge on any atom is 0.337 e. The van der Waals surface area contributed by atoms with Crippen molar-refractivity contribution < 1.29 is 19.7 Å². The molecule has 11 heteroatoms.